The van der Waals surface area contributed by atoms with E-state index in [0.717, 1.165) is 12.2 Å². The van der Waals surface area contributed by atoms with Crippen molar-refractivity contribution < 1.29 is 24.2 Å². The molecule has 2 unspecified atom stereocenters. The Balaban J connectivity index is 2.36. The van der Waals surface area contributed by atoms with Crippen molar-refractivity contribution in [1.29, 1.82) is 0 Å². The maximum absolute atomic E-state index is 11.1. The van der Waals surface area contributed by atoms with Crippen molar-refractivity contribution in [1.82, 2.24) is 0 Å². The molecule has 15 heavy (non-hydrogen) atoms. The largest absolute Gasteiger partial charge is 0.478 e. The number of nitrogens with two attached hydrogens (primary N) is 1. The predicted octanol–water partition coefficient (Wildman–Crippen LogP) is -0.713. The molecule has 2 atom stereocenters. The quantitative estimate of drug-likeness (QED) is 0.344. The highest BCUT2D eigenvalue weighted by molar-refractivity contribution is 5.90. The van der Waals surface area contributed by atoms with Gasteiger partial charge >= 0.3 is 11.9 Å². The number of carboxylic acid groups (broad SMARTS) is 1. The molecule has 0 amide bonds. The first kappa shape index (κ1) is 11.7. The molecule has 0 aromatic carbocycles. The van der Waals surface area contributed by atoms with Crippen LogP contribution in [-0.4, -0.2) is 42.4 Å². The van der Waals surface area contributed by atoms with Gasteiger partial charge in [0.1, 0.15) is 12.2 Å². The first-order valence-electron chi connectivity index (χ1n) is 4.56. The van der Waals surface area contributed by atoms with Crippen LogP contribution in [-0.2, 0) is 19.1 Å². The topological polar surface area (TPSA) is 102 Å². The summed E-state index contributed by atoms with van der Waals surface area (Å²) < 4.78 is 9.95. The molecule has 3 N–H and O–H groups in total. The third-order valence-corrected chi connectivity index (χ3v) is 1.85. The number of ether oxygens (including phenoxy) is 2. The Morgan fingerprint density at radius 3 is 2.73 bits per heavy atom. The molecule has 84 valence electrons. The van der Waals surface area contributed by atoms with Crippen LogP contribution in [0.25, 0.3) is 0 Å². The minimum absolute atomic E-state index is 0.0873. The van der Waals surface area contributed by atoms with E-state index in [9.17, 15) is 9.59 Å². The molecule has 0 radical (unpaired) electrons. The van der Waals surface area contributed by atoms with E-state index in [-0.39, 0.29) is 12.2 Å². The lowest BCUT2D eigenvalue weighted by Crippen LogP contribution is -2.26. The predicted molar refractivity (Wildman–Crippen MR) is 50.1 cm³/mol. The van der Waals surface area contributed by atoms with Crippen molar-refractivity contribution in [2.45, 2.75) is 18.6 Å². The van der Waals surface area contributed by atoms with Gasteiger partial charge in [-0.25, -0.2) is 9.59 Å². The molecule has 0 spiro atoms. The Morgan fingerprint density at radius 2 is 2.27 bits per heavy atom. The lowest BCUT2D eigenvalue weighted by Gasteiger charge is -2.12. The fourth-order valence-electron chi connectivity index (χ4n) is 1.08. The number of esters is 1. The summed E-state index contributed by atoms with van der Waals surface area (Å²) in [5.74, 6) is -1.88. The monoisotopic (exact) mass is 215 g/mol. The molecular weight excluding hydrogens is 202 g/mol. The minimum Gasteiger partial charge on any atom is -0.478 e. The van der Waals surface area contributed by atoms with Gasteiger partial charge in [-0.1, -0.05) is 0 Å². The summed E-state index contributed by atoms with van der Waals surface area (Å²) in [5.41, 5.74) is 5.33. The summed E-state index contributed by atoms with van der Waals surface area (Å²) in [7, 11) is 0. The SMILES string of the molecule is NCCC(OC(=O)/C=C\C(=O)O)C1CO1. The molecule has 0 aliphatic carbocycles. The van der Waals surface area contributed by atoms with Crippen LogP contribution in [0.5, 0.6) is 0 Å². The smallest absolute Gasteiger partial charge is 0.331 e. The average Bonchev–Trinajstić information content (AvgIpc) is 2.97. The third-order valence-electron chi connectivity index (χ3n) is 1.85. The van der Waals surface area contributed by atoms with Crippen LogP contribution in [0.3, 0.4) is 0 Å². The molecule has 6 nitrogen and oxygen atoms in total. The molecule has 1 fully saturated rings. The van der Waals surface area contributed by atoms with Crippen molar-refractivity contribution in [3.05, 3.63) is 12.2 Å². The second-order valence-corrected chi connectivity index (χ2v) is 3.10. The minimum atomic E-state index is -1.19. The van der Waals surface area contributed by atoms with Crippen LogP contribution in [0.1, 0.15) is 6.42 Å². The summed E-state index contributed by atoms with van der Waals surface area (Å²) in [4.78, 5) is 21.2. The van der Waals surface area contributed by atoms with Crippen molar-refractivity contribution >= 4 is 11.9 Å². The Kier molecular flexibility index (Phi) is 4.26. The summed E-state index contributed by atoms with van der Waals surface area (Å²) in [6.45, 7) is 0.945. The zero-order valence-electron chi connectivity index (χ0n) is 8.09. The lowest BCUT2D eigenvalue weighted by atomic mass is 10.2. The molecule has 6 heteroatoms. The maximum atomic E-state index is 11.1. The van der Waals surface area contributed by atoms with E-state index >= 15 is 0 Å². The summed E-state index contributed by atoms with van der Waals surface area (Å²) >= 11 is 0. The van der Waals surface area contributed by atoms with Gasteiger partial charge in [-0.2, -0.15) is 0 Å². The highest BCUT2D eigenvalue weighted by Gasteiger charge is 2.34. The van der Waals surface area contributed by atoms with E-state index in [1.165, 1.54) is 0 Å². The number of carboxylic acids is 1. The molecule has 1 heterocycles. The first-order chi connectivity index (χ1) is 7.13. The second kappa shape index (κ2) is 5.47. The molecule has 0 aromatic rings. The number of aliphatic carboxylic acids is 1. The standard InChI is InChI=1S/C9H13NO5/c10-4-3-6(7-5-14-7)15-9(13)2-1-8(11)12/h1-2,6-7H,3-5,10H2,(H,11,12)/b2-1-. The van der Waals surface area contributed by atoms with Crippen molar-refractivity contribution in [2.24, 2.45) is 5.73 Å². The Labute approximate surface area is 86.6 Å². The average molecular weight is 215 g/mol. The van der Waals surface area contributed by atoms with Crippen molar-refractivity contribution in [2.75, 3.05) is 13.2 Å². The van der Waals surface area contributed by atoms with Gasteiger partial charge in [-0.15, -0.1) is 0 Å². The molecule has 0 bridgehead atoms. The number of hydrogen-bond acceptors (Lipinski definition) is 5. The first-order valence-corrected chi connectivity index (χ1v) is 4.56. The maximum Gasteiger partial charge on any atom is 0.331 e. The van der Waals surface area contributed by atoms with Crippen LogP contribution in [0.15, 0.2) is 12.2 Å². The fraction of sp³-hybridized carbons (Fsp3) is 0.556. The van der Waals surface area contributed by atoms with Gasteiger partial charge in [0.2, 0.25) is 0 Å². The van der Waals surface area contributed by atoms with Crippen LogP contribution in [0.2, 0.25) is 0 Å². The Hall–Kier alpha value is -1.40. The molecule has 0 aromatic heterocycles. The van der Waals surface area contributed by atoms with Crippen LogP contribution in [0, 0.1) is 0 Å². The number of carbonyl (C=O) groups is 2. The molecule has 0 saturated carbocycles. The van der Waals surface area contributed by atoms with Crippen LogP contribution < -0.4 is 5.73 Å². The zero-order chi connectivity index (χ0) is 11.3. The molecular formula is C9H13NO5. The second-order valence-electron chi connectivity index (χ2n) is 3.10. The molecule has 1 aliphatic rings. The van der Waals surface area contributed by atoms with Gasteiger partial charge in [-0.05, 0) is 13.0 Å². The van der Waals surface area contributed by atoms with E-state index < -0.39 is 11.9 Å². The van der Waals surface area contributed by atoms with Crippen LogP contribution >= 0.6 is 0 Å². The van der Waals surface area contributed by atoms with Crippen LogP contribution in [0.4, 0.5) is 0 Å². The van der Waals surface area contributed by atoms with E-state index in [4.69, 9.17) is 20.3 Å². The highest BCUT2D eigenvalue weighted by atomic mass is 16.6. The Bertz CT molecular complexity index is 272. The van der Waals surface area contributed by atoms with Gasteiger partial charge < -0.3 is 20.3 Å². The highest BCUT2D eigenvalue weighted by Crippen LogP contribution is 2.19. The van der Waals surface area contributed by atoms with E-state index in [1.807, 2.05) is 0 Å². The normalized spacial score (nSPS) is 21.3. The van der Waals surface area contributed by atoms with Crippen molar-refractivity contribution in [3.8, 4) is 0 Å². The fourth-order valence-corrected chi connectivity index (χ4v) is 1.08. The third kappa shape index (κ3) is 4.57. The molecule has 1 rings (SSSR count). The van der Waals surface area contributed by atoms with Crippen molar-refractivity contribution in [3.63, 3.8) is 0 Å². The number of carbonyl (C=O) groups excluding carboxylic acids is 1. The van der Waals surface area contributed by atoms with E-state index in [2.05, 4.69) is 0 Å². The number of hydrogen-bond donors (Lipinski definition) is 2. The summed E-state index contributed by atoms with van der Waals surface area (Å²) in [5, 5.41) is 8.28. The zero-order valence-corrected chi connectivity index (χ0v) is 8.09. The van der Waals surface area contributed by atoms with Gasteiger partial charge in [-0.3, -0.25) is 0 Å². The van der Waals surface area contributed by atoms with Gasteiger partial charge in [0, 0.05) is 12.2 Å². The van der Waals surface area contributed by atoms with Gasteiger partial charge in [0.05, 0.1) is 6.61 Å². The molecule has 1 saturated heterocycles. The van der Waals surface area contributed by atoms with Gasteiger partial charge in [0.25, 0.3) is 0 Å². The summed E-state index contributed by atoms with van der Waals surface area (Å²) in [6, 6.07) is 0. The number of rotatable bonds is 6. The molecule has 1 aliphatic heterocycles. The van der Waals surface area contributed by atoms with Gasteiger partial charge in [0.15, 0.2) is 0 Å². The number of epoxide rings is 1. The lowest BCUT2D eigenvalue weighted by molar-refractivity contribution is -0.144. The summed E-state index contributed by atoms with van der Waals surface area (Å²) in [6.07, 6.45) is 1.65. The van der Waals surface area contributed by atoms with E-state index in [1.54, 1.807) is 0 Å². The van der Waals surface area contributed by atoms with E-state index in [0.29, 0.717) is 19.6 Å². The Morgan fingerprint density at radius 1 is 1.60 bits per heavy atom.